The van der Waals surface area contributed by atoms with Gasteiger partial charge in [-0.1, -0.05) is 29.8 Å². The van der Waals surface area contributed by atoms with Crippen LogP contribution in [0.1, 0.15) is 15.2 Å². The Labute approximate surface area is 157 Å². The van der Waals surface area contributed by atoms with Crippen molar-refractivity contribution in [3.63, 3.8) is 0 Å². The number of aryl methyl sites for hydroxylation is 1. The van der Waals surface area contributed by atoms with Crippen LogP contribution in [0.5, 0.6) is 0 Å². The van der Waals surface area contributed by atoms with Crippen LogP contribution < -0.4 is 5.32 Å². The first-order chi connectivity index (χ1) is 12.1. The van der Waals surface area contributed by atoms with E-state index in [1.54, 1.807) is 17.4 Å². The van der Waals surface area contributed by atoms with Gasteiger partial charge in [-0.15, -0.1) is 22.7 Å². The topological polar surface area (TPSA) is 42.0 Å². The smallest absolute Gasteiger partial charge is 0.265 e. The van der Waals surface area contributed by atoms with Crippen LogP contribution in [0.3, 0.4) is 0 Å². The fourth-order valence-electron chi connectivity index (χ4n) is 2.47. The highest BCUT2D eigenvalue weighted by molar-refractivity contribution is 7.26. The largest absolute Gasteiger partial charge is 0.321 e. The van der Waals surface area contributed by atoms with Crippen molar-refractivity contribution in [1.29, 1.82) is 0 Å². The van der Waals surface area contributed by atoms with E-state index in [0.717, 1.165) is 31.4 Å². The molecule has 0 radical (unpaired) electrons. The summed E-state index contributed by atoms with van der Waals surface area (Å²) >= 11 is 9.09. The molecule has 0 atom stereocenters. The number of para-hydroxylation sites is 1. The van der Waals surface area contributed by atoms with E-state index >= 15 is 0 Å². The van der Waals surface area contributed by atoms with Crippen molar-refractivity contribution < 1.29 is 4.79 Å². The zero-order valence-electron chi connectivity index (χ0n) is 13.2. The summed E-state index contributed by atoms with van der Waals surface area (Å²) in [5, 5.41) is 4.46. The summed E-state index contributed by atoms with van der Waals surface area (Å²) in [4.78, 5) is 18.8. The van der Waals surface area contributed by atoms with Crippen molar-refractivity contribution in [2.24, 2.45) is 0 Å². The molecule has 0 spiro atoms. The number of anilines is 1. The highest BCUT2D eigenvalue weighted by Gasteiger charge is 2.14. The Morgan fingerprint density at radius 1 is 1.08 bits per heavy atom. The van der Waals surface area contributed by atoms with Crippen LogP contribution >= 0.6 is 34.3 Å². The lowest BCUT2D eigenvalue weighted by molar-refractivity contribution is 0.103. The average Bonchev–Trinajstić information content (AvgIpc) is 3.24. The van der Waals surface area contributed by atoms with Crippen molar-refractivity contribution >= 4 is 56.1 Å². The molecule has 1 amide bonds. The van der Waals surface area contributed by atoms with Crippen molar-refractivity contribution in [3.05, 3.63) is 70.1 Å². The third-order valence-electron chi connectivity index (χ3n) is 3.78. The molecular weight excluding hydrogens is 372 g/mol. The molecule has 0 bridgehead atoms. The predicted molar refractivity (Wildman–Crippen MR) is 107 cm³/mol. The number of rotatable bonds is 3. The second-order valence-corrected chi connectivity index (χ2v) is 8.11. The lowest BCUT2D eigenvalue weighted by Crippen LogP contribution is -2.11. The maximum Gasteiger partial charge on any atom is 0.265 e. The standard InChI is InChI=1S/C19H13ClN2OS2/c1-11-6-7-12(20)10-14(11)21-18(23)16-8-9-17(24-16)19-22-13-4-2-3-5-15(13)25-19/h2-10H,1H3,(H,21,23). The molecule has 0 aliphatic heterocycles. The average molecular weight is 385 g/mol. The monoisotopic (exact) mass is 384 g/mol. The number of hydrogen-bond acceptors (Lipinski definition) is 4. The van der Waals surface area contributed by atoms with Crippen LogP contribution in [0.25, 0.3) is 20.1 Å². The second kappa shape index (κ2) is 6.59. The molecule has 124 valence electrons. The summed E-state index contributed by atoms with van der Waals surface area (Å²) < 4.78 is 1.14. The van der Waals surface area contributed by atoms with E-state index in [1.165, 1.54) is 11.3 Å². The Morgan fingerprint density at radius 2 is 1.92 bits per heavy atom. The Balaban J connectivity index is 1.60. The van der Waals surface area contributed by atoms with Gasteiger partial charge in [0, 0.05) is 10.7 Å². The first-order valence-corrected chi connectivity index (χ1v) is 9.64. The van der Waals surface area contributed by atoms with Crippen molar-refractivity contribution in [1.82, 2.24) is 4.98 Å². The van der Waals surface area contributed by atoms with Gasteiger partial charge in [-0.25, -0.2) is 4.98 Å². The normalized spacial score (nSPS) is 11.0. The molecule has 0 saturated heterocycles. The number of benzene rings is 2. The zero-order chi connectivity index (χ0) is 17.4. The molecular formula is C19H13ClN2OS2. The lowest BCUT2D eigenvalue weighted by atomic mass is 10.2. The summed E-state index contributed by atoms with van der Waals surface area (Å²) in [5.74, 6) is -0.136. The van der Waals surface area contributed by atoms with E-state index in [1.807, 2.05) is 49.4 Å². The number of halogens is 1. The Bertz CT molecular complexity index is 1050. The van der Waals surface area contributed by atoms with Crippen LogP contribution in [0, 0.1) is 6.92 Å². The van der Waals surface area contributed by atoms with Crippen molar-refractivity contribution in [3.8, 4) is 9.88 Å². The van der Waals surface area contributed by atoms with Gasteiger partial charge in [0.1, 0.15) is 5.01 Å². The number of carbonyl (C=O) groups is 1. The summed E-state index contributed by atoms with van der Waals surface area (Å²) in [6.07, 6.45) is 0. The van der Waals surface area contributed by atoms with Crippen molar-refractivity contribution in [2.45, 2.75) is 6.92 Å². The number of fused-ring (bicyclic) bond motifs is 1. The van der Waals surface area contributed by atoms with E-state index in [4.69, 9.17) is 11.6 Å². The van der Waals surface area contributed by atoms with Gasteiger partial charge in [-0.2, -0.15) is 0 Å². The highest BCUT2D eigenvalue weighted by atomic mass is 35.5. The van der Waals surface area contributed by atoms with Gasteiger partial charge in [0.15, 0.2) is 0 Å². The van der Waals surface area contributed by atoms with Crippen LogP contribution in [0.2, 0.25) is 5.02 Å². The lowest BCUT2D eigenvalue weighted by Gasteiger charge is -2.07. The number of nitrogens with zero attached hydrogens (tertiary/aromatic N) is 1. The molecule has 2 heterocycles. The Morgan fingerprint density at radius 3 is 2.76 bits per heavy atom. The number of thiophene rings is 1. The first-order valence-electron chi connectivity index (χ1n) is 7.63. The van der Waals surface area contributed by atoms with E-state index < -0.39 is 0 Å². The molecule has 3 nitrogen and oxygen atoms in total. The predicted octanol–water partition coefficient (Wildman–Crippen LogP) is 6.24. The van der Waals surface area contributed by atoms with Gasteiger partial charge in [-0.3, -0.25) is 4.79 Å². The van der Waals surface area contributed by atoms with Gasteiger partial charge in [0.05, 0.1) is 20.0 Å². The quantitative estimate of drug-likeness (QED) is 0.454. The van der Waals surface area contributed by atoms with Crippen LogP contribution in [0.4, 0.5) is 5.69 Å². The summed E-state index contributed by atoms with van der Waals surface area (Å²) in [6.45, 7) is 1.94. The SMILES string of the molecule is Cc1ccc(Cl)cc1NC(=O)c1ccc(-c2nc3ccccc3s2)s1. The number of hydrogen-bond donors (Lipinski definition) is 1. The molecule has 1 N–H and O–H groups in total. The molecule has 0 unspecified atom stereocenters. The molecule has 0 saturated carbocycles. The summed E-state index contributed by atoms with van der Waals surface area (Å²) in [6, 6.07) is 17.3. The maximum atomic E-state index is 12.5. The molecule has 25 heavy (non-hydrogen) atoms. The summed E-state index contributed by atoms with van der Waals surface area (Å²) in [7, 11) is 0. The van der Waals surface area contributed by atoms with E-state index in [9.17, 15) is 4.79 Å². The molecule has 6 heteroatoms. The van der Waals surface area contributed by atoms with Crippen molar-refractivity contribution in [2.75, 3.05) is 5.32 Å². The minimum Gasteiger partial charge on any atom is -0.321 e. The third kappa shape index (κ3) is 3.31. The van der Waals surface area contributed by atoms with Crippen LogP contribution in [0.15, 0.2) is 54.6 Å². The minimum atomic E-state index is -0.136. The van der Waals surface area contributed by atoms with Gasteiger partial charge in [0.25, 0.3) is 5.91 Å². The van der Waals surface area contributed by atoms with Gasteiger partial charge in [0.2, 0.25) is 0 Å². The van der Waals surface area contributed by atoms with E-state index in [2.05, 4.69) is 16.4 Å². The van der Waals surface area contributed by atoms with Crippen LogP contribution in [-0.4, -0.2) is 10.9 Å². The van der Waals surface area contributed by atoms with Crippen LogP contribution in [-0.2, 0) is 0 Å². The molecule has 4 aromatic rings. The van der Waals surface area contributed by atoms with E-state index in [0.29, 0.717) is 9.90 Å². The minimum absolute atomic E-state index is 0.136. The number of aromatic nitrogens is 1. The highest BCUT2D eigenvalue weighted by Crippen LogP contribution is 2.34. The molecule has 4 rings (SSSR count). The molecule has 0 aliphatic rings. The second-order valence-electron chi connectivity index (χ2n) is 5.56. The maximum absolute atomic E-state index is 12.5. The number of amides is 1. The first kappa shape index (κ1) is 16.3. The molecule has 0 aliphatic carbocycles. The third-order valence-corrected chi connectivity index (χ3v) is 6.31. The van der Waals surface area contributed by atoms with Gasteiger partial charge >= 0.3 is 0 Å². The van der Waals surface area contributed by atoms with Gasteiger partial charge in [-0.05, 0) is 48.9 Å². The summed E-state index contributed by atoms with van der Waals surface area (Å²) in [5.41, 5.74) is 2.68. The van der Waals surface area contributed by atoms with E-state index in [-0.39, 0.29) is 5.91 Å². The number of nitrogens with one attached hydrogen (secondary N) is 1. The zero-order valence-corrected chi connectivity index (χ0v) is 15.6. The number of carbonyl (C=O) groups excluding carboxylic acids is 1. The fourth-order valence-corrected chi connectivity index (χ4v) is 4.56. The fraction of sp³-hybridized carbons (Fsp3) is 0.0526. The Kier molecular flexibility index (Phi) is 4.29. The molecule has 2 aromatic carbocycles. The Hall–Kier alpha value is -2.21. The molecule has 2 aromatic heterocycles. The molecule has 0 fully saturated rings. The van der Waals surface area contributed by atoms with Gasteiger partial charge < -0.3 is 5.32 Å². The number of thiazole rings is 1.